The van der Waals surface area contributed by atoms with E-state index in [2.05, 4.69) is 15.3 Å². The zero-order valence-corrected chi connectivity index (χ0v) is 14.8. The number of aryl methyl sites for hydroxylation is 1. The molecule has 0 saturated heterocycles. The third-order valence-electron chi connectivity index (χ3n) is 4.19. The average molecular weight is 336 g/mol. The molecular weight excluding hydrogens is 308 g/mol. The van der Waals surface area contributed by atoms with Crippen molar-refractivity contribution in [3.8, 4) is 0 Å². The summed E-state index contributed by atoms with van der Waals surface area (Å²) in [6.45, 7) is 2.17. The number of amides is 1. The van der Waals surface area contributed by atoms with E-state index in [-0.39, 0.29) is 25.2 Å². The van der Waals surface area contributed by atoms with Crippen molar-refractivity contribution in [2.75, 3.05) is 32.1 Å². The topological polar surface area (TPSA) is 87.6 Å². The van der Waals surface area contributed by atoms with Gasteiger partial charge >= 0.3 is 0 Å². The minimum atomic E-state index is -0.710. The van der Waals surface area contributed by atoms with Crippen LogP contribution in [0.5, 0.6) is 0 Å². The van der Waals surface area contributed by atoms with Gasteiger partial charge in [-0.2, -0.15) is 0 Å². The van der Waals surface area contributed by atoms with Gasteiger partial charge in [0.25, 0.3) is 5.91 Å². The number of aromatic nitrogens is 2. The smallest absolute Gasteiger partial charge is 0.254 e. The van der Waals surface area contributed by atoms with Gasteiger partial charge in [0.05, 0.1) is 30.1 Å². The van der Waals surface area contributed by atoms with Crippen molar-refractivity contribution < 1.29 is 14.6 Å². The molecule has 1 aromatic heterocycles. The number of ether oxygens (including phenoxy) is 1. The van der Waals surface area contributed by atoms with Crippen LogP contribution in [0.15, 0.2) is 6.20 Å². The van der Waals surface area contributed by atoms with Crippen LogP contribution < -0.4 is 10.2 Å². The van der Waals surface area contributed by atoms with Crippen LogP contribution in [0.4, 0.5) is 5.95 Å². The molecule has 24 heavy (non-hydrogen) atoms. The van der Waals surface area contributed by atoms with Gasteiger partial charge < -0.3 is 20.1 Å². The van der Waals surface area contributed by atoms with Crippen LogP contribution in [0.3, 0.4) is 0 Å². The molecule has 7 heteroatoms. The highest BCUT2D eigenvalue weighted by Gasteiger charge is 2.17. The summed E-state index contributed by atoms with van der Waals surface area (Å²) in [6, 6.07) is 0. The van der Waals surface area contributed by atoms with Crippen LogP contribution in [0.1, 0.15) is 48.2 Å². The van der Waals surface area contributed by atoms with Crippen LogP contribution >= 0.6 is 0 Å². The first-order valence-electron chi connectivity index (χ1n) is 8.56. The van der Waals surface area contributed by atoms with Crippen LogP contribution in [0, 0.1) is 6.92 Å². The maximum Gasteiger partial charge on any atom is 0.254 e. The molecule has 1 aliphatic carbocycles. The van der Waals surface area contributed by atoms with E-state index >= 15 is 0 Å². The number of nitrogens with one attached hydrogen (secondary N) is 1. The molecule has 2 rings (SSSR count). The van der Waals surface area contributed by atoms with E-state index in [0.717, 1.165) is 12.8 Å². The number of hydrogen-bond donors (Lipinski definition) is 2. The minimum absolute atomic E-state index is 0.153. The largest absolute Gasteiger partial charge is 0.389 e. The fourth-order valence-electron chi connectivity index (χ4n) is 2.74. The van der Waals surface area contributed by atoms with Gasteiger partial charge in [0.15, 0.2) is 0 Å². The zero-order chi connectivity index (χ0) is 17.5. The number of rotatable bonds is 7. The van der Waals surface area contributed by atoms with Crippen molar-refractivity contribution in [2.24, 2.45) is 0 Å². The molecule has 1 atom stereocenters. The molecule has 0 spiro atoms. The van der Waals surface area contributed by atoms with Crippen LogP contribution in [-0.4, -0.2) is 60.4 Å². The molecule has 0 aliphatic heterocycles. The van der Waals surface area contributed by atoms with Gasteiger partial charge in [-0.15, -0.1) is 0 Å². The molecule has 1 amide bonds. The predicted octanol–water partition coefficient (Wildman–Crippen LogP) is 1.29. The number of anilines is 1. The maximum atomic E-state index is 12.2. The Balaban J connectivity index is 1.77. The molecule has 1 saturated carbocycles. The summed E-state index contributed by atoms with van der Waals surface area (Å²) in [4.78, 5) is 22.4. The monoisotopic (exact) mass is 336 g/mol. The predicted molar refractivity (Wildman–Crippen MR) is 92.3 cm³/mol. The molecule has 0 radical (unpaired) electrons. The van der Waals surface area contributed by atoms with Gasteiger partial charge in [-0.25, -0.2) is 9.97 Å². The van der Waals surface area contributed by atoms with E-state index in [1.54, 1.807) is 11.8 Å². The zero-order valence-electron chi connectivity index (χ0n) is 14.8. The quantitative estimate of drug-likeness (QED) is 0.780. The lowest BCUT2D eigenvalue weighted by Crippen LogP contribution is -2.36. The molecule has 0 unspecified atom stereocenters. The highest BCUT2D eigenvalue weighted by molar-refractivity contribution is 5.95. The van der Waals surface area contributed by atoms with E-state index in [1.807, 2.05) is 14.1 Å². The molecule has 0 bridgehead atoms. The summed E-state index contributed by atoms with van der Waals surface area (Å²) in [5.74, 6) is 0.277. The number of hydrogen-bond acceptors (Lipinski definition) is 6. The highest BCUT2D eigenvalue weighted by atomic mass is 16.5. The normalized spacial score (nSPS) is 16.7. The number of nitrogens with zero attached hydrogens (tertiary/aromatic N) is 3. The second-order valence-corrected chi connectivity index (χ2v) is 6.52. The fourth-order valence-corrected chi connectivity index (χ4v) is 2.74. The van der Waals surface area contributed by atoms with Gasteiger partial charge in [0, 0.05) is 26.8 Å². The Labute approximate surface area is 143 Å². The lowest BCUT2D eigenvalue weighted by atomic mass is 9.98. The summed E-state index contributed by atoms with van der Waals surface area (Å²) in [5, 5.41) is 12.7. The molecule has 7 nitrogen and oxygen atoms in total. The number of carbonyl (C=O) groups is 1. The van der Waals surface area contributed by atoms with Crippen molar-refractivity contribution in [2.45, 2.75) is 51.2 Å². The Bertz CT molecular complexity index is 545. The number of aliphatic hydroxyl groups is 1. The summed E-state index contributed by atoms with van der Waals surface area (Å²) < 4.78 is 5.72. The minimum Gasteiger partial charge on any atom is -0.389 e. The standard InChI is InChI=1S/C17H28N4O3/c1-12-15(10-19-17(20-12)21(2)3)16(23)18-9-13(22)11-24-14-7-5-4-6-8-14/h10,13-14,22H,4-9,11H2,1-3H3,(H,18,23)/t13-/m0/s1. The Hall–Kier alpha value is -1.73. The van der Waals surface area contributed by atoms with E-state index in [9.17, 15) is 9.90 Å². The van der Waals surface area contributed by atoms with E-state index in [1.165, 1.54) is 25.5 Å². The Kier molecular flexibility index (Phi) is 6.93. The molecule has 1 fully saturated rings. The van der Waals surface area contributed by atoms with Crippen LogP contribution in [-0.2, 0) is 4.74 Å². The molecule has 1 aliphatic rings. The van der Waals surface area contributed by atoms with Gasteiger partial charge in [-0.05, 0) is 19.8 Å². The van der Waals surface area contributed by atoms with Crippen molar-refractivity contribution in [1.29, 1.82) is 0 Å². The molecule has 2 N–H and O–H groups in total. The summed E-state index contributed by atoms with van der Waals surface area (Å²) in [5.41, 5.74) is 1.03. The number of aliphatic hydroxyl groups excluding tert-OH is 1. The van der Waals surface area contributed by atoms with Gasteiger partial charge in [-0.3, -0.25) is 4.79 Å². The SMILES string of the molecule is Cc1nc(N(C)C)ncc1C(=O)NC[C@H](O)COC1CCCCC1. The molecular formula is C17H28N4O3. The van der Waals surface area contributed by atoms with E-state index in [0.29, 0.717) is 17.2 Å². The summed E-state index contributed by atoms with van der Waals surface area (Å²) >= 11 is 0. The van der Waals surface area contributed by atoms with Crippen molar-refractivity contribution in [3.05, 3.63) is 17.5 Å². The fraction of sp³-hybridized carbons (Fsp3) is 0.706. The Morgan fingerprint density at radius 3 is 2.75 bits per heavy atom. The second kappa shape index (κ2) is 8.94. The molecule has 0 aromatic carbocycles. The van der Waals surface area contributed by atoms with E-state index in [4.69, 9.17) is 4.74 Å². The second-order valence-electron chi connectivity index (χ2n) is 6.52. The number of carbonyl (C=O) groups excluding carboxylic acids is 1. The molecule has 1 aromatic rings. The van der Waals surface area contributed by atoms with Crippen LogP contribution in [0.25, 0.3) is 0 Å². The van der Waals surface area contributed by atoms with Gasteiger partial charge in [-0.1, -0.05) is 19.3 Å². The van der Waals surface area contributed by atoms with E-state index < -0.39 is 6.10 Å². The average Bonchev–Trinajstić information content (AvgIpc) is 2.58. The highest BCUT2D eigenvalue weighted by Crippen LogP contribution is 2.20. The lowest BCUT2D eigenvalue weighted by Gasteiger charge is -2.23. The van der Waals surface area contributed by atoms with Crippen molar-refractivity contribution in [3.63, 3.8) is 0 Å². The van der Waals surface area contributed by atoms with Crippen LogP contribution in [0.2, 0.25) is 0 Å². The lowest BCUT2D eigenvalue weighted by molar-refractivity contribution is -0.0225. The summed E-state index contributed by atoms with van der Waals surface area (Å²) in [7, 11) is 3.69. The first-order valence-corrected chi connectivity index (χ1v) is 8.56. The van der Waals surface area contributed by atoms with Gasteiger partial charge in [0.1, 0.15) is 0 Å². The van der Waals surface area contributed by atoms with Crippen molar-refractivity contribution >= 4 is 11.9 Å². The third-order valence-corrected chi connectivity index (χ3v) is 4.19. The van der Waals surface area contributed by atoms with Crippen molar-refractivity contribution in [1.82, 2.24) is 15.3 Å². The van der Waals surface area contributed by atoms with Gasteiger partial charge in [0.2, 0.25) is 5.95 Å². The molecule has 1 heterocycles. The summed E-state index contributed by atoms with van der Waals surface area (Å²) in [6.07, 6.45) is 6.84. The Morgan fingerprint density at radius 1 is 1.42 bits per heavy atom. The maximum absolute atomic E-state index is 12.2. The first kappa shape index (κ1) is 18.6. The third kappa shape index (κ3) is 5.42. The first-order chi connectivity index (χ1) is 11.5. The molecule has 134 valence electrons. The Morgan fingerprint density at radius 2 is 2.12 bits per heavy atom.